The fourth-order valence-electron chi connectivity index (χ4n) is 1.75. The van der Waals surface area contributed by atoms with Crippen molar-refractivity contribution in [1.82, 2.24) is 5.32 Å². The zero-order chi connectivity index (χ0) is 13.5. The summed E-state index contributed by atoms with van der Waals surface area (Å²) in [7, 11) is 0. The lowest BCUT2D eigenvalue weighted by Gasteiger charge is -2.13. The van der Waals surface area contributed by atoms with E-state index in [1.165, 1.54) is 10.5 Å². The molecule has 0 aliphatic heterocycles. The molecule has 0 saturated carbocycles. The van der Waals surface area contributed by atoms with Gasteiger partial charge in [-0.2, -0.15) is 0 Å². The van der Waals surface area contributed by atoms with Crippen LogP contribution in [0.1, 0.15) is 30.9 Å². The fourth-order valence-corrected chi connectivity index (χ4v) is 2.46. The van der Waals surface area contributed by atoms with Crippen molar-refractivity contribution in [3.05, 3.63) is 29.3 Å². The van der Waals surface area contributed by atoms with Crippen LogP contribution in [0.3, 0.4) is 0 Å². The first-order valence-corrected chi connectivity index (χ1v) is 7.47. The summed E-state index contributed by atoms with van der Waals surface area (Å²) in [4.78, 5) is 12.9. The van der Waals surface area contributed by atoms with Crippen molar-refractivity contribution in [3.63, 3.8) is 0 Å². The Morgan fingerprint density at radius 1 is 1.50 bits per heavy atom. The second kappa shape index (κ2) is 7.44. The molecule has 3 N–H and O–H groups in total. The van der Waals surface area contributed by atoms with E-state index in [4.69, 9.17) is 5.73 Å². The van der Waals surface area contributed by atoms with E-state index in [-0.39, 0.29) is 5.91 Å². The van der Waals surface area contributed by atoms with Crippen molar-refractivity contribution in [3.8, 4) is 0 Å². The molecular formula is C14H22N2OS. The highest BCUT2D eigenvalue weighted by Crippen LogP contribution is 2.21. The molecule has 0 aliphatic rings. The Labute approximate surface area is 114 Å². The highest BCUT2D eigenvalue weighted by Gasteiger charge is 2.12. The number of amides is 1. The van der Waals surface area contributed by atoms with Crippen LogP contribution in [0.5, 0.6) is 0 Å². The Morgan fingerprint density at radius 3 is 2.83 bits per heavy atom. The van der Waals surface area contributed by atoms with Gasteiger partial charge in [0.2, 0.25) is 5.91 Å². The molecule has 4 heteroatoms. The lowest BCUT2D eigenvalue weighted by atomic mass is 10.1. The number of thioether (sulfide) groups is 1. The Bertz CT molecular complexity index is 407. The molecule has 1 atom stereocenters. The first-order valence-electron chi connectivity index (χ1n) is 6.25. The number of benzene rings is 1. The Kier molecular flexibility index (Phi) is 6.22. The molecule has 1 unspecified atom stereocenters. The minimum absolute atomic E-state index is 0.0653. The lowest BCUT2D eigenvalue weighted by Crippen LogP contribution is -2.40. The minimum Gasteiger partial charge on any atom is -0.351 e. The molecule has 100 valence electrons. The summed E-state index contributed by atoms with van der Waals surface area (Å²) in [5.74, 6) is -0.0653. The van der Waals surface area contributed by atoms with Gasteiger partial charge >= 0.3 is 0 Å². The van der Waals surface area contributed by atoms with Gasteiger partial charge in [0.05, 0.1) is 6.04 Å². The predicted molar refractivity (Wildman–Crippen MR) is 77.7 cm³/mol. The third-order valence-corrected chi connectivity index (χ3v) is 3.65. The molecule has 18 heavy (non-hydrogen) atoms. The van der Waals surface area contributed by atoms with Gasteiger partial charge < -0.3 is 11.1 Å². The molecule has 0 aliphatic carbocycles. The van der Waals surface area contributed by atoms with Crippen LogP contribution in [0.15, 0.2) is 23.1 Å². The van der Waals surface area contributed by atoms with Gasteiger partial charge in [-0.15, -0.1) is 11.8 Å². The van der Waals surface area contributed by atoms with Gasteiger partial charge in [0.1, 0.15) is 0 Å². The summed E-state index contributed by atoms with van der Waals surface area (Å²) >= 11 is 1.70. The number of aryl methyl sites for hydroxylation is 1. The molecular weight excluding hydrogens is 244 g/mol. The van der Waals surface area contributed by atoms with E-state index in [1.54, 1.807) is 11.8 Å². The first-order chi connectivity index (χ1) is 8.58. The Balaban J connectivity index is 2.60. The molecule has 3 nitrogen and oxygen atoms in total. The van der Waals surface area contributed by atoms with Gasteiger partial charge in [-0.25, -0.2) is 0 Å². The van der Waals surface area contributed by atoms with Gasteiger partial charge in [0, 0.05) is 11.4 Å². The summed E-state index contributed by atoms with van der Waals surface area (Å²) in [6.45, 7) is 4.64. The SMILES string of the molecule is CCCC(N)C(=O)NCc1ccc(C)cc1SC. The van der Waals surface area contributed by atoms with Gasteiger partial charge in [0.25, 0.3) is 0 Å². The zero-order valence-electron chi connectivity index (χ0n) is 11.3. The second-order valence-electron chi connectivity index (χ2n) is 4.43. The summed E-state index contributed by atoms with van der Waals surface area (Å²) < 4.78 is 0. The normalized spacial score (nSPS) is 12.2. The zero-order valence-corrected chi connectivity index (χ0v) is 12.1. The molecule has 1 aromatic carbocycles. The monoisotopic (exact) mass is 266 g/mol. The van der Waals surface area contributed by atoms with E-state index >= 15 is 0 Å². The summed E-state index contributed by atoms with van der Waals surface area (Å²) in [6.07, 6.45) is 3.70. The third-order valence-electron chi connectivity index (χ3n) is 2.83. The van der Waals surface area contributed by atoms with Crippen molar-refractivity contribution in [1.29, 1.82) is 0 Å². The van der Waals surface area contributed by atoms with Crippen LogP contribution in [-0.2, 0) is 11.3 Å². The molecule has 0 radical (unpaired) electrons. The van der Waals surface area contributed by atoms with E-state index in [1.807, 2.05) is 13.2 Å². The van der Waals surface area contributed by atoms with E-state index in [2.05, 4.69) is 30.4 Å². The number of rotatable bonds is 6. The van der Waals surface area contributed by atoms with E-state index in [0.29, 0.717) is 6.54 Å². The smallest absolute Gasteiger partial charge is 0.237 e. The standard InChI is InChI=1S/C14H22N2OS/c1-4-5-12(15)14(17)16-9-11-7-6-10(2)8-13(11)18-3/h6-8,12H,4-5,9,15H2,1-3H3,(H,16,17). The van der Waals surface area contributed by atoms with Crippen LogP contribution in [0.2, 0.25) is 0 Å². The summed E-state index contributed by atoms with van der Waals surface area (Å²) in [6, 6.07) is 5.87. The maximum atomic E-state index is 11.7. The lowest BCUT2D eigenvalue weighted by molar-refractivity contribution is -0.122. The van der Waals surface area contributed by atoms with Crippen molar-refractivity contribution < 1.29 is 4.79 Å². The molecule has 1 rings (SSSR count). The molecule has 0 heterocycles. The summed E-state index contributed by atoms with van der Waals surface area (Å²) in [5.41, 5.74) is 8.15. The predicted octanol–water partition coefficient (Wildman–Crippen LogP) is 2.46. The largest absolute Gasteiger partial charge is 0.351 e. The molecule has 0 bridgehead atoms. The van der Waals surface area contributed by atoms with Crippen molar-refractivity contribution in [2.24, 2.45) is 5.73 Å². The highest BCUT2D eigenvalue weighted by atomic mass is 32.2. The van der Waals surface area contributed by atoms with Gasteiger partial charge in [0.15, 0.2) is 0 Å². The van der Waals surface area contributed by atoms with Crippen molar-refractivity contribution in [2.75, 3.05) is 6.26 Å². The van der Waals surface area contributed by atoms with Gasteiger partial charge in [-0.3, -0.25) is 4.79 Å². The number of carbonyl (C=O) groups excluding carboxylic acids is 1. The van der Waals surface area contributed by atoms with Gasteiger partial charge in [-0.1, -0.05) is 25.5 Å². The van der Waals surface area contributed by atoms with Crippen LogP contribution in [0, 0.1) is 6.92 Å². The first kappa shape index (κ1) is 15.1. The van der Waals surface area contributed by atoms with Crippen LogP contribution < -0.4 is 11.1 Å². The van der Waals surface area contributed by atoms with E-state index < -0.39 is 6.04 Å². The number of carbonyl (C=O) groups is 1. The quantitative estimate of drug-likeness (QED) is 0.778. The van der Waals surface area contributed by atoms with Crippen LogP contribution in [-0.4, -0.2) is 18.2 Å². The number of hydrogen-bond donors (Lipinski definition) is 2. The Hall–Kier alpha value is -1.00. The topological polar surface area (TPSA) is 55.1 Å². The summed E-state index contributed by atoms with van der Waals surface area (Å²) in [5, 5.41) is 2.90. The van der Waals surface area contributed by atoms with E-state index in [9.17, 15) is 4.79 Å². The minimum atomic E-state index is -0.391. The maximum absolute atomic E-state index is 11.7. The number of nitrogens with one attached hydrogen (secondary N) is 1. The van der Waals surface area contributed by atoms with Crippen LogP contribution >= 0.6 is 11.8 Å². The molecule has 0 fully saturated rings. The molecule has 0 spiro atoms. The molecule has 0 saturated heterocycles. The highest BCUT2D eigenvalue weighted by molar-refractivity contribution is 7.98. The van der Waals surface area contributed by atoms with Crippen LogP contribution in [0.4, 0.5) is 0 Å². The fraction of sp³-hybridized carbons (Fsp3) is 0.500. The number of nitrogens with two attached hydrogens (primary N) is 1. The Morgan fingerprint density at radius 2 is 2.22 bits per heavy atom. The average Bonchev–Trinajstić information content (AvgIpc) is 2.37. The third kappa shape index (κ3) is 4.35. The van der Waals surface area contributed by atoms with Crippen molar-refractivity contribution >= 4 is 17.7 Å². The second-order valence-corrected chi connectivity index (χ2v) is 5.28. The molecule has 1 aromatic rings. The molecule has 1 amide bonds. The van der Waals surface area contributed by atoms with E-state index in [0.717, 1.165) is 18.4 Å². The van der Waals surface area contributed by atoms with Gasteiger partial charge in [-0.05, 0) is 36.8 Å². The van der Waals surface area contributed by atoms with Crippen LogP contribution in [0.25, 0.3) is 0 Å². The molecule has 0 aromatic heterocycles. The average molecular weight is 266 g/mol. The maximum Gasteiger partial charge on any atom is 0.237 e. The number of hydrogen-bond acceptors (Lipinski definition) is 3. The van der Waals surface area contributed by atoms with Crippen molar-refractivity contribution in [2.45, 2.75) is 44.2 Å².